The van der Waals surface area contributed by atoms with Crippen LogP contribution in [0.3, 0.4) is 0 Å². The molecule has 154 valence electrons. The van der Waals surface area contributed by atoms with Crippen LogP contribution in [0.5, 0.6) is 0 Å². The minimum absolute atomic E-state index is 0.0316. The molecule has 0 atom stereocenters. The van der Waals surface area contributed by atoms with Crippen LogP contribution in [-0.4, -0.2) is 39.1 Å². The van der Waals surface area contributed by atoms with Crippen molar-refractivity contribution in [2.24, 2.45) is 0 Å². The molecule has 0 bridgehead atoms. The van der Waals surface area contributed by atoms with Crippen LogP contribution < -0.4 is 15.1 Å². The lowest BCUT2D eigenvalue weighted by Crippen LogP contribution is -3.12. The first-order valence-electron chi connectivity index (χ1n) is 10.7. The molecule has 1 aliphatic rings. The molecular formula is C26H30N3O+. The standard InChI is InChI=1S/C26H29N3O/c1-26(21-9-5-3-6-10-21,22-11-7-4-8-12-22)25(30)27-23-13-15-24(16-14-23)29-19-17-28(2)18-20-29/h3-16H,17-20H2,1-2H3,(H,27,30)/p+1. The second kappa shape index (κ2) is 8.72. The van der Waals surface area contributed by atoms with Crippen LogP contribution in [-0.2, 0) is 10.2 Å². The van der Waals surface area contributed by atoms with E-state index in [-0.39, 0.29) is 5.91 Å². The normalized spacial score (nSPS) is 15.1. The molecule has 1 fully saturated rings. The summed E-state index contributed by atoms with van der Waals surface area (Å²) < 4.78 is 0. The summed E-state index contributed by atoms with van der Waals surface area (Å²) in [4.78, 5) is 17.5. The molecule has 4 rings (SSSR count). The fraction of sp³-hybridized carbons (Fsp3) is 0.269. The minimum atomic E-state index is -0.776. The minimum Gasteiger partial charge on any atom is -0.360 e. The molecule has 3 aromatic rings. The lowest BCUT2D eigenvalue weighted by molar-refractivity contribution is -0.880. The molecule has 1 saturated heterocycles. The van der Waals surface area contributed by atoms with E-state index in [4.69, 9.17) is 0 Å². The molecule has 4 nitrogen and oxygen atoms in total. The summed E-state index contributed by atoms with van der Waals surface area (Å²) in [6, 6.07) is 28.2. The Morgan fingerprint density at radius 1 is 0.833 bits per heavy atom. The average Bonchev–Trinajstić information content (AvgIpc) is 2.81. The molecule has 0 saturated carbocycles. The Hall–Kier alpha value is -3.11. The summed E-state index contributed by atoms with van der Waals surface area (Å²) in [6.45, 7) is 6.44. The van der Waals surface area contributed by atoms with Gasteiger partial charge in [0, 0.05) is 11.4 Å². The van der Waals surface area contributed by atoms with E-state index in [0.717, 1.165) is 43.0 Å². The van der Waals surface area contributed by atoms with Gasteiger partial charge >= 0.3 is 0 Å². The van der Waals surface area contributed by atoms with Gasteiger partial charge in [-0.15, -0.1) is 0 Å². The zero-order chi connectivity index (χ0) is 21.0. The van der Waals surface area contributed by atoms with E-state index >= 15 is 0 Å². The van der Waals surface area contributed by atoms with Gasteiger partial charge in [0.1, 0.15) is 0 Å². The monoisotopic (exact) mass is 400 g/mol. The highest BCUT2D eigenvalue weighted by atomic mass is 16.2. The second-order valence-corrected chi connectivity index (χ2v) is 8.30. The van der Waals surface area contributed by atoms with E-state index in [2.05, 4.69) is 29.4 Å². The van der Waals surface area contributed by atoms with Crippen molar-refractivity contribution in [3.05, 3.63) is 96.1 Å². The van der Waals surface area contributed by atoms with Crippen molar-refractivity contribution in [1.82, 2.24) is 0 Å². The van der Waals surface area contributed by atoms with Crippen LogP contribution in [0, 0.1) is 0 Å². The SMILES string of the molecule is C[NH+]1CCN(c2ccc(NC(=O)C(C)(c3ccccc3)c3ccccc3)cc2)CC1. The number of carbonyl (C=O) groups excluding carboxylic acids is 1. The predicted molar refractivity (Wildman–Crippen MR) is 123 cm³/mol. The van der Waals surface area contributed by atoms with Crippen molar-refractivity contribution < 1.29 is 9.69 Å². The molecule has 3 aromatic carbocycles. The van der Waals surface area contributed by atoms with Crippen molar-refractivity contribution >= 4 is 17.3 Å². The fourth-order valence-electron chi connectivity index (χ4n) is 4.13. The third-order valence-corrected chi connectivity index (χ3v) is 6.26. The van der Waals surface area contributed by atoms with E-state index in [9.17, 15) is 4.79 Å². The molecule has 1 aliphatic heterocycles. The molecular weight excluding hydrogens is 370 g/mol. The van der Waals surface area contributed by atoms with E-state index < -0.39 is 5.41 Å². The topological polar surface area (TPSA) is 36.8 Å². The number of rotatable bonds is 5. The van der Waals surface area contributed by atoms with Crippen molar-refractivity contribution in [3.63, 3.8) is 0 Å². The largest absolute Gasteiger partial charge is 0.360 e. The zero-order valence-corrected chi connectivity index (χ0v) is 17.8. The van der Waals surface area contributed by atoms with Gasteiger partial charge in [-0.2, -0.15) is 0 Å². The lowest BCUT2D eigenvalue weighted by Gasteiger charge is -2.32. The predicted octanol–water partition coefficient (Wildman–Crippen LogP) is 2.97. The summed E-state index contributed by atoms with van der Waals surface area (Å²) in [7, 11) is 2.24. The number of carbonyl (C=O) groups is 1. The van der Waals surface area contributed by atoms with Crippen LogP contribution in [0.15, 0.2) is 84.9 Å². The summed E-state index contributed by atoms with van der Waals surface area (Å²) in [5, 5.41) is 3.16. The van der Waals surface area contributed by atoms with E-state index in [1.54, 1.807) is 4.90 Å². The molecule has 0 unspecified atom stereocenters. The second-order valence-electron chi connectivity index (χ2n) is 8.30. The van der Waals surface area contributed by atoms with Crippen molar-refractivity contribution in [1.29, 1.82) is 0 Å². The number of hydrogen-bond acceptors (Lipinski definition) is 2. The summed E-state index contributed by atoms with van der Waals surface area (Å²) in [5.74, 6) is -0.0316. The van der Waals surface area contributed by atoms with Crippen molar-refractivity contribution in [3.8, 4) is 0 Å². The van der Waals surface area contributed by atoms with Crippen LogP contribution in [0.2, 0.25) is 0 Å². The molecule has 1 heterocycles. The highest BCUT2D eigenvalue weighted by Crippen LogP contribution is 2.33. The van der Waals surface area contributed by atoms with Crippen LogP contribution >= 0.6 is 0 Å². The number of hydrogen-bond donors (Lipinski definition) is 2. The Morgan fingerprint density at radius 3 is 1.83 bits per heavy atom. The number of benzene rings is 3. The van der Waals surface area contributed by atoms with Gasteiger partial charge in [-0.1, -0.05) is 60.7 Å². The maximum atomic E-state index is 13.5. The fourth-order valence-corrected chi connectivity index (χ4v) is 4.13. The maximum Gasteiger partial charge on any atom is 0.239 e. The quantitative estimate of drug-likeness (QED) is 0.691. The summed E-state index contributed by atoms with van der Waals surface area (Å²) >= 11 is 0. The van der Waals surface area contributed by atoms with E-state index in [0.29, 0.717) is 0 Å². The molecule has 1 amide bonds. The number of likely N-dealkylation sites (N-methyl/N-ethyl adjacent to an activating group) is 1. The van der Waals surface area contributed by atoms with Crippen molar-refractivity contribution in [2.75, 3.05) is 43.4 Å². The van der Waals surface area contributed by atoms with Gasteiger partial charge in [-0.3, -0.25) is 4.79 Å². The Balaban J connectivity index is 1.56. The Kier molecular flexibility index (Phi) is 5.86. The van der Waals surface area contributed by atoms with Gasteiger partial charge in [-0.05, 0) is 42.3 Å². The third-order valence-electron chi connectivity index (χ3n) is 6.26. The molecule has 4 heteroatoms. The first kappa shape index (κ1) is 20.2. The smallest absolute Gasteiger partial charge is 0.239 e. The van der Waals surface area contributed by atoms with Crippen LogP contribution in [0.4, 0.5) is 11.4 Å². The van der Waals surface area contributed by atoms with Gasteiger partial charge in [0.15, 0.2) is 0 Å². The first-order chi connectivity index (χ1) is 14.6. The van der Waals surface area contributed by atoms with E-state index in [1.807, 2.05) is 79.7 Å². The molecule has 2 N–H and O–H groups in total. The molecule has 0 spiro atoms. The Labute approximate surface area is 179 Å². The number of nitrogens with zero attached hydrogens (tertiary/aromatic N) is 1. The summed E-state index contributed by atoms with van der Waals surface area (Å²) in [6.07, 6.45) is 0. The zero-order valence-electron chi connectivity index (χ0n) is 17.8. The number of anilines is 2. The highest BCUT2D eigenvalue weighted by molar-refractivity contribution is 6.01. The van der Waals surface area contributed by atoms with Crippen LogP contribution in [0.25, 0.3) is 0 Å². The molecule has 30 heavy (non-hydrogen) atoms. The lowest BCUT2D eigenvalue weighted by atomic mass is 9.75. The van der Waals surface area contributed by atoms with Gasteiger partial charge in [0.2, 0.25) is 5.91 Å². The molecule has 0 radical (unpaired) electrons. The molecule has 0 aromatic heterocycles. The Bertz CT molecular complexity index is 923. The van der Waals surface area contributed by atoms with Gasteiger partial charge in [0.05, 0.1) is 38.6 Å². The molecule has 0 aliphatic carbocycles. The number of amides is 1. The number of quaternary nitrogens is 1. The number of nitrogens with one attached hydrogen (secondary N) is 2. The van der Waals surface area contributed by atoms with Crippen LogP contribution in [0.1, 0.15) is 18.1 Å². The van der Waals surface area contributed by atoms with Crippen molar-refractivity contribution in [2.45, 2.75) is 12.3 Å². The highest BCUT2D eigenvalue weighted by Gasteiger charge is 2.37. The number of piperazine rings is 1. The summed E-state index contributed by atoms with van der Waals surface area (Å²) in [5.41, 5.74) is 3.22. The first-order valence-corrected chi connectivity index (χ1v) is 10.7. The third kappa shape index (κ3) is 4.10. The van der Waals surface area contributed by atoms with Gasteiger partial charge in [-0.25, -0.2) is 0 Å². The Morgan fingerprint density at radius 2 is 1.33 bits per heavy atom. The van der Waals surface area contributed by atoms with Gasteiger partial charge < -0.3 is 15.1 Å². The van der Waals surface area contributed by atoms with Gasteiger partial charge in [0.25, 0.3) is 0 Å². The maximum absolute atomic E-state index is 13.5. The average molecular weight is 401 g/mol. The van der Waals surface area contributed by atoms with E-state index in [1.165, 1.54) is 5.69 Å².